The van der Waals surface area contributed by atoms with Crippen molar-refractivity contribution in [2.45, 2.75) is 6.42 Å². The first-order chi connectivity index (χ1) is 9.24. The molecule has 5 heteroatoms. The van der Waals surface area contributed by atoms with Gasteiger partial charge in [-0.25, -0.2) is 4.79 Å². The van der Waals surface area contributed by atoms with E-state index in [0.29, 0.717) is 0 Å². The first-order valence-corrected chi connectivity index (χ1v) is 6.35. The highest BCUT2D eigenvalue weighted by Gasteiger charge is 2.27. The van der Waals surface area contributed by atoms with Crippen LogP contribution >= 0.6 is 0 Å². The van der Waals surface area contributed by atoms with Gasteiger partial charge in [0, 0.05) is 12.2 Å². The van der Waals surface area contributed by atoms with E-state index < -0.39 is 0 Å². The molecule has 1 fully saturated rings. The molecule has 0 unspecified atom stereocenters. The van der Waals surface area contributed by atoms with E-state index in [2.05, 4.69) is 16.7 Å². The third-order valence-electron chi connectivity index (χ3n) is 3.41. The van der Waals surface area contributed by atoms with Crippen molar-refractivity contribution in [3.05, 3.63) is 35.9 Å². The summed E-state index contributed by atoms with van der Waals surface area (Å²) in [6, 6.07) is 7.43. The second kappa shape index (κ2) is 4.85. The second-order valence-corrected chi connectivity index (χ2v) is 4.67. The third kappa shape index (κ3) is 2.37. The fourth-order valence-electron chi connectivity index (χ4n) is 2.39. The number of urea groups is 1. The summed E-state index contributed by atoms with van der Waals surface area (Å²) < 4.78 is 0. The van der Waals surface area contributed by atoms with Crippen molar-refractivity contribution in [2.75, 3.05) is 24.5 Å². The Bertz CT molecular complexity index is 548. The minimum absolute atomic E-state index is 0.102. The van der Waals surface area contributed by atoms with E-state index in [1.807, 2.05) is 24.3 Å². The Morgan fingerprint density at radius 3 is 2.47 bits per heavy atom. The van der Waals surface area contributed by atoms with E-state index in [1.165, 1.54) is 16.0 Å². The van der Waals surface area contributed by atoms with Gasteiger partial charge in [0.25, 0.3) is 0 Å². The van der Waals surface area contributed by atoms with Crippen LogP contribution < -0.4 is 15.5 Å². The van der Waals surface area contributed by atoms with Crippen LogP contribution in [0, 0.1) is 0 Å². The summed E-state index contributed by atoms with van der Waals surface area (Å²) in [5.41, 5.74) is 3.25. The monoisotopic (exact) mass is 257 g/mol. The predicted octanol–water partition coefficient (Wildman–Crippen LogP) is 1.12. The number of amides is 3. The highest BCUT2D eigenvalue weighted by molar-refractivity contribution is 6.12. The van der Waals surface area contributed by atoms with Crippen LogP contribution in [0.1, 0.15) is 12.0 Å². The van der Waals surface area contributed by atoms with E-state index in [-0.39, 0.29) is 18.5 Å². The normalized spacial score (nSPS) is 19.4. The van der Waals surface area contributed by atoms with E-state index in [9.17, 15) is 9.59 Å². The molecule has 0 aliphatic carbocycles. The van der Waals surface area contributed by atoms with Crippen molar-refractivity contribution in [1.82, 2.24) is 10.6 Å². The summed E-state index contributed by atoms with van der Waals surface area (Å²) in [5, 5.41) is 5.55. The number of imide groups is 1. The fraction of sp³-hybridized carbons (Fsp3) is 0.286. The van der Waals surface area contributed by atoms with Crippen molar-refractivity contribution in [1.29, 1.82) is 0 Å². The molecule has 3 rings (SSSR count). The Morgan fingerprint density at radius 1 is 1.11 bits per heavy atom. The smallest absolute Gasteiger partial charge is 0.313 e. The molecule has 2 aliphatic rings. The van der Waals surface area contributed by atoms with Gasteiger partial charge in [0.2, 0.25) is 5.91 Å². The molecular formula is C14H15N3O2. The molecule has 0 aromatic heterocycles. The van der Waals surface area contributed by atoms with E-state index in [0.717, 1.165) is 25.2 Å². The standard InChI is InChI=1S/C14H15N3O2/c18-13-9-17(14(19)16-13)12-3-1-10(2-4-12)11-5-7-15-8-6-11/h1-5,15H,6-9H2,(H,16,18,19). The highest BCUT2D eigenvalue weighted by Crippen LogP contribution is 2.23. The maximum absolute atomic E-state index is 11.5. The quantitative estimate of drug-likeness (QED) is 0.780. The Hall–Kier alpha value is -2.14. The number of nitrogens with one attached hydrogen (secondary N) is 2. The zero-order valence-electron chi connectivity index (χ0n) is 10.5. The van der Waals surface area contributed by atoms with Gasteiger partial charge in [-0.2, -0.15) is 0 Å². The number of anilines is 1. The van der Waals surface area contributed by atoms with Crippen LogP contribution in [0.2, 0.25) is 0 Å². The van der Waals surface area contributed by atoms with Crippen LogP contribution in [-0.2, 0) is 4.79 Å². The highest BCUT2D eigenvalue weighted by atomic mass is 16.2. The molecule has 2 aliphatic heterocycles. The molecule has 1 aromatic carbocycles. The first-order valence-electron chi connectivity index (χ1n) is 6.35. The van der Waals surface area contributed by atoms with Gasteiger partial charge in [0.05, 0.1) is 0 Å². The van der Waals surface area contributed by atoms with Gasteiger partial charge in [-0.3, -0.25) is 15.0 Å². The summed E-state index contributed by atoms with van der Waals surface area (Å²) >= 11 is 0. The maximum atomic E-state index is 11.5. The molecule has 0 atom stereocenters. The molecule has 1 saturated heterocycles. The third-order valence-corrected chi connectivity index (χ3v) is 3.41. The number of nitrogens with zero attached hydrogens (tertiary/aromatic N) is 1. The van der Waals surface area contributed by atoms with Crippen LogP contribution in [0.4, 0.5) is 10.5 Å². The van der Waals surface area contributed by atoms with Crippen LogP contribution in [0.5, 0.6) is 0 Å². The summed E-state index contributed by atoms with van der Waals surface area (Å²) in [6.45, 7) is 2.00. The van der Waals surface area contributed by atoms with Crippen molar-refractivity contribution in [2.24, 2.45) is 0 Å². The van der Waals surface area contributed by atoms with Crippen LogP contribution in [0.15, 0.2) is 30.3 Å². The van der Waals surface area contributed by atoms with Gasteiger partial charge in [-0.1, -0.05) is 18.2 Å². The van der Waals surface area contributed by atoms with Gasteiger partial charge in [0.1, 0.15) is 6.54 Å². The minimum Gasteiger partial charge on any atom is -0.313 e. The summed E-state index contributed by atoms with van der Waals surface area (Å²) in [6.07, 6.45) is 3.20. The van der Waals surface area contributed by atoms with Gasteiger partial charge in [0.15, 0.2) is 0 Å². The fourth-order valence-corrected chi connectivity index (χ4v) is 2.39. The zero-order chi connectivity index (χ0) is 13.2. The Morgan fingerprint density at radius 2 is 1.89 bits per heavy atom. The molecule has 0 bridgehead atoms. The summed E-state index contributed by atoms with van der Waals surface area (Å²) in [5.74, 6) is -0.255. The van der Waals surface area contributed by atoms with Crippen LogP contribution in [-0.4, -0.2) is 31.6 Å². The van der Waals surface area contributed by atoms with Gasteiger partial charge >= 0.3 is 6.03 Å². The van der Waals surface area contributed by atoms with Crippen molar-refractivity contribution < 1.29 is 9.59 Å². The summed E-state index contributed by atoms with van der Waals surface area (Å²) in [4.78, 5) is 24.2. The zero-order valence-corrected chi connectivity index (χ0v) is 10.5. The Labute approximate surface area is 111 Å². The molecule has 2 N–H and O–H groups in total. The lowest BCUT2D eigenvalue weighted by Crippen LogP contribution is -2.27. The molecule has 5 nitrogen and oxygen atoms in total. The van der Waals surface area contributed by atoms with Gasteiger partial charge in [-0.05, 0) is 36.2 Å². The molecular weight excluding hydrogens is 242 g/mol. The number of carbonyl (C=O) groups is 2. The lowest BCUT2D eigenvalue weighted by molar-refractivity contribution is -0.117. The average Bonchev–Trinajstić information content (AvgIpc) is 2.79. The SMILES string of the molecule is O=C1CN(c2ccc(C3=CCNCC3)cc2)C(=O)N1. The number of rotatable bonds is 2. The van der Waals surface area contributed by atoms with Crippen LogP contribution in [0.3, 0.4) is 0 Å². The van der Waals surface area contributed by atoms with Gasteiger partial charge in [-0.15, -0.1) is 0 Å². The maximum Gasteiger partial charge on any atom is 0.329 e. The van der Waals surface area contributed by atoms with Crippen LogP contribution in [0.25, 0.3) is 5.57 Å². The Balaban J connectivity index is 1.81. The Kier molecular flexibility index (Phi) is 3.05. The molecule has 0 saturated carbocycles. The summed E-state index contributed by atoms with van der Waals surface area (Å²) in [7, 11) is 0. The molecule has 1 aromatic rings. The van der Waals surface area contributed by atoms with Crippen molar-refractivity contribution in [3.63, 3.8) is 0 Å². The number of hydrogen-bond acceptors (Lipinski definition) is 3. The topological polar surface area (TPSA) is 61.4 Å². The second-order valence-electron chi connectivity index (χ2n) is 4.67. The number of carbonyl (C=O) groups excluding carboxylic acids is 2. The predicted molar refractivity (Wildman–Crippen MR) is 72.8 cm³/mol. The first kappa shape index (κ1) is 11.9. The molecule has 0 spiro atoms. The lowest BCUT2D eigenvalue weighted by Gasteiger charge is -2.16. The lowest BCUT2D eigenvalue weighted by atomic mass is 10.00. The average molecular weight is 257 g/mol. The van der Waals surface area contributed by atoms with Gasteiger partial charge < -0.3 is 5.32 Å². The van der Waals surface area contributed by atoms with E-state index in [4.69, 9.17) is 0 Å². The minimum atomic E-state index is -0.348. The molecule has 0 radical (unpaired) electrons. The van der Waals surface area contributed by atoms with E-state index in [1.54, 1.807) is 0 Å². The number of hydrogen-bond donors (Lipinski definition) is 2. The van der Waals surface area contributed by atoms with Crippen molar-refractivity contribution >= 4 is 23.2 Å². The molecule has 2 heterocycles. The molecule has 98 valence electrons. The molecule has 3 amide bonds. The largest absolute Gasteiger partial charge is 0.329 e. The van der Waals surface area contributed by atoms with Crippen molar-refractivity contribution in [3.8, 4) is 0 Å². The number of benzene rings is 1. The molecule has 19 heavy (non-hydrogen) atoms. The van der Waals surface area contributed by atoms with E-state index >= 15 is 0 Å².